The number of ether oxygens (including phenoxy) is 1. The van der Waals surface area contributed by atoms with Crippen molar-refractivity contribution in [2.24, 2.45) is 0 Å². The lowest BCUT2D eigenvalue weighted by Crippen LogP contribution is -2.09. The van der Waals surface area contributed by atoms with Crippen molar-refractivity contribution in [3.63, 3.8) is 0 Å². The second-order valence-corrected chi connectivity index (χ2v) is 3.70. The molecule has 0 unspecified atom stereocenters. The number of nitrogens with zero attached hydrogens (tertiary/aromatic N) is 1. The molecule has 0 radical (unpaired) electrons. The van der Waals surface area contributed by atoms with E-state index in [4.69, 9.17) is 10.00 Å². The number of rotatable bonds is 2. The Kier molecular flexibility index (Phi) is 3.43. The number of para-hydroxylation sites is 1. The largest absolute Gasteiger partial charge is 0.457 e. The Morgan fingerprint density at radius 3 is 2.21 bits per heavy atom. The lowest BCUT2D eigenvalue weighted by atomic mass is 10.1. The van der Waals surface area contributed by atoms with Crippen molar-refractivity contribution in [3.05, 3.63) is 59.7 Å². The zero-order valence-electron chi connectivity index (χ0n) is 9.61. The van der Waals surface area contributed by atoms with Crippen LogP contribution in [-0.2, 0) is 6.18 Å². The summed E-state index contributed by atoms with van der Waals surface area (Å²) in [6, 6.07) is 13.3. The van der Waals surface area contributed by atoms with Crippen molar-refractivity contribution in [3.8, 4) is 17.6 Å². The topological polar surface area (TPSA) is 33.0 Å². The highest BCUT2D eigenvalue weighted by atomic mass is 19.4. The van der Waals surface area contributed by atoms with Crippen LogP contribution < -0.4 is 4.74 Å². The molecule has 2 aromatic carbocycles. The van der Waals surface area contributed by atoms with Crippen molar-refractivity contribution in [2.75, 3.05) is 0 Å². The van der Waals surface area contributed by atoms with Gasteiger partial charge in [-0.15, -0.1) is 0 Å². The zero-order valence-corrected chi connectivity index (χ0v) is 9.61. The maximum atomic E-state index is 13.0. The minimum atomic E-state index is -4.64. The Morgan fingerprint density at radius 2 is 1.63 bits per heavy atom. The predicted molar refractivity (Wildman–Crippen MR) is 62.7 cm³/mol. The molecule has 2 aromatic rings. The van der Waals surface area contributed by atoms with Crippen molar-refractivity contribution in [1.82, 2.24) is 0 Å². The molecular weight excluding hydrogens is 255 g/mol. The fourth-order valence-corrected chi connectivity index (χ4v) is 1.62. The van der Waals surface area contributed by atoms with Gasteiger partial charge in [-0.05, 0) is 24.3 Å². The summed E-state index contributed by atoms with van der Waals surface area (Å²) in [5.41, 5.74) is -1.51. The quantitative estimate of drug-likeness (QED) is 0.806. The molecule has 5 heteroatoms. The molecule has 19 heavy (non-hydrogen) atoms. The van der Waals surface area contributed by atoms with Crippen LogP contribution in [0.25, 0.3) is 0 Å². The fraction of sp³-hybridized carbons (Fsp3) is 0.0714. The normalized spacial score (nSPS) is 10.8. The second kappa shape index (κ2) is 5.02. The van der Waals surface area contributed by atoms with Gasteiger partial charge in [0, 0.05) is 0 Å². The molecule has 0 aromatic heterocycles. The first-order chi connectivity index (χ1) is 9.02. The van der Waals surface area contributed by atoms with E-state index in [1.165, 1.54) is 18.2 Å². The molecule has 0 amide bonds. The summed E-state index contributed by atoms with van der Waals surface area (Å²) in [4.78, 5) is 0. The summed E-state index contributed by atoms with van der Waals surface area (Å²) in [5, 5.41) is 8.77. The third-order valence-corrected chi connectivity index (χ3v) is 2.40. The van der Waals surface area contributed by atoms with E-state index in [-0.39, 0.29) is 11.5 Å². The van der Waals surface area contributed by atoms with Gasteiger partial charge in [0.1, 0.15) is 17.1 Å². The van der Waals surface area contributed by atoms with Crippen molar-refractivity contribution in [2.45, 2.75) is 6.18 Å². The Balaban J connectivity index is 2.50. The summed E-state index contributed by atoms with van der Waals surface area (Å²) >= 11 is 0. The van der Waals surface area contributed by atoms with Gasteiger partial charge in [0.05, 0.1) is 11.6 Å². The van der Waals surface area contributed by atoms with Gasteiger partial charge >= 0.3 is 6.18 Å². The van der Waals surface area contributed by atoms with Crippen molar-refractivity contribution in [1.29, 1.82) is 5.26 Å². The van der Waals surface area contributed by atoms with E-state index < -0.39 is 17.3 Å². The maximum absolute atomic E-state index is 13.0. The SMILES string of the molecule is N#Cc1cccc(Oc2ccccc2)c1C(F)(F)F. The molecule has 0 spiro atoms. The van der Waals surface area contributed by atoms with Crippen LogP contribution in [0.2, 0.25) is 0 Å². The molecule has 0 saturated heterocycles. The molecule has 0 fully saturated rings. The van der Waals surface area contributed by atoms with Gasteiger partial charge in [0.25, 0.3) is 0 Å². The van der Waals surface area contributed by atoms with E-state index in [1.807, 2.05) is 0 Å². The molecule has 0 atom stereocenters. The van der Waals surface area contributed by atoms with Gasteiger partial charge < -0.3 is 4.74 Å². The molecule has 0 N–H and O–H groups in total. The van der Waals surface area contributed by atoms with Crippen molar-refractivity contribution < 1.29 is 17.9 Å². The third-order valence-electron chi connectivity index (χ3n) is 2.40. The highest BCUT2D eigenvalue weighted by molar-refractivity contribution is 5.49. The first-order valence-electron chi connectivity index (χ1n) is 5.35. The minimum absolute atomic E-state index is 0.281. The fourth-order valence-electron chi connectivity index (χ4n) is 1.62. The van der Waals surface area contributed by atoms with Crippen LogP contribution in [0, 0.1) is 11.3 Å². The van der Waals surface area contributed by atoms with Gasteiger partial charge in [0.2, 0.25) is 0 Å². The molecule has 2 nitrogen and oxygen atoms in total. The highest BCUT2D eigenvalue weighted by Crippen LogP contribution is 2.40. The maximum Gasteiger partial charge on any atom is 0.421 e. The van der Waals surface area contributed by atoms with Crippen LogP contribution in [-0.4, -0.2) is 0 Å². The average molecular weight is 263 g/mol. The van der Waals surface area contributed by atoms with Gasteiger partial charge in [0.15, 0.2) is 0 Å². The Hall–Kier alpha value is -2.48. The molecule has 0 aliphatic rings. The molecular formula is C14H8F3NO. The third kappa shape index (κ3) is 2.86. The number of alkyl halides is 3. The van der Waals surface area contributed by atoms with E-state index in [0.717, 1.165) is 6.07 Å². The summed E-state index contributed by atoms with van der Waals surface area (Å²) in [7, 11) is 0. The summed E-state index contributed by atoms with van der Waals surface area (Å²) in [6.45, 7) is 0. The van der Waals surface area contributed by atoms with Crippen LogP contribution in [0.1, 0.15) is 11.1 Å². The van der Waals surface area contributed by atoms with Gasteiger partial charge in [-0.3, -0.25) is 0 Å². The van der Waals surface area contributed by atoms with Crippen LogP contribution in [0.5, 0.6) is 11.5 Å². The second-order valence-electron chi connectivity index (χ2n) is 3.70. The summed E-state index contributed by atoms with van der Waals surface area (Å²) in [6.07, 6.45) is -4.64. The first-order valence-corrected chi connectivity index (χ1v) is 5.35. The van der Waals surface area contributed by atoms with Gasteiger partial charge in [-0.25, -0.2) is 0 Å². The molecule has 0 bridgehead atoms. The van der Waals surface area contributed by atoms with Gasteiger partial charge in [-0.2, -0.15) is 18.4 Å². The van der Waals surface area contributed by atoms with Crippen LogP contribution in [0.4, 0.5) is 13.2 Å². The monoisotopic (exact) mass is 263 g/mol. The number of benzene rings is 2. The average Bonchev–Trinajstić information content (AvgIpc) is 2.38. The summed E-state index contributed by atoms with van der Waals surface area (Å²) in [5.74, 6) is -0.0964. The van der Waals surface area contributed by atoms with E-state index >= 15 is 0 Å². The predicted octanol–water partition coefficient (Wildman–Crippen LogP) is 4.37. The van der Waals surface area contributed by atoms with Crippen LogP contribution >= 0.6 is 0 Å². The lowest BCUT2D eigenvalue weighted by Gasteiger charge is -2.14. The highest BCUT2D eigenvalue weighted by Gasteiger charge is 2.37. The Morgan fingerprint density at radius 1 is 0.947 bits per heavy atom. The van der Waals surface area contributed by atoms with Crippen LogP contribution in [0.15, 0.2) is 48.5 Å². The first kappa shape index (κ1) is 13.0. The number of nitriles is 1. The van der Waals surface area contributed by atoms with E-state index in [0.29, 0.717) is 0 Å². The minimum Gasteiger partial charge on any atom is -0.457 e. The smallest absolute Gasteiger partial charge is 0.421 e. The van der Waals surface area contributed by atoms with Crippen molar-refractivity contribution >= 4 is 0 Å². The number of hydrogen-bond donors (Lipinski definition) is 0. The molecule has 0 saturated carbocycles. The van der Waals surface area contributed by atoms with E-state index in [2.05, 4.69) is 0 Å². The number of hydrogen-bond acceptors (Lipinski definition) is 2. The molecule has 0 aliphatic carbocycles. The molecule has 0 aliphatic heterocycles. The summed E-state index contributed by atoms with van der Waals surface area (Å²) < 4.78 is 44.1. The van der Waals surface area contributed by atoms with E-state index in [9.17, 15) is 13.2 Å². The zero-order chi connectivity index (χ0) is 13.9. The van der Waals surface area contributed by atoms with Gasteiger partial charge in [-0.1, -0.05) is 24.3 Å². The standard InChI is InChI=1S/C14H8F3NO/c15-14(16,17)13-10(9-18)5-4-8-12(13)19-11-6-2-1-3-7-11/h1-8H. The lowest BCUT2D eigenvalue weighted by molar-refractivity contribution is -0.138. The number of halogens is 3. The van der Waals surface area contributed by atoms with E-state index in [1.54, 1.807) is 30.3 Å². The van der Waals surface area contributed by atoms with Crippen LogP contribution in [0.3, 0.4) is 0 Å². The Bertz CT molecular complexity index is 615. The molecule has 0 heterocycles. The molecule has 96 valence electrons. The molecule has 2 rings (SSSR count). The Labute approximate surface area is 107 Å².